The lowest BCUT2D eigenvalue weighted by molar-refractivity contribution is 0.102. The monoisotopic (exact) mass is 384 g/mol. The molecule has 0 aliphatic carbocycles. The Morgan fingerprint density at radius 2 is 1.79 bits per heavy atom. The predicted octanol–water partition coefficient (Wildman–Crippen LogP) is 3.67. The molecule has 0 saturated carbocycles. The van der Waals surface area contributed by atoms with Gasteiger partial charge in [-0.15, -0.1) is 0 Å². The highest BCUT2D eigenvalue weighted by molar-refractivity contribution is 6.06. The molecule has 3 aromatic heterocycles. The number of nitrogens with one attached hydrogen (secondary N) is 1. The molecule has 0 atom stereocenters. The minimum atomic E-state index is -0.232. The third-order valence-corrected chi connectivity index (χ3v) is 5.15. The van der Waals surface area contributed by atoms with Crippen LogP contribution in [0.5, 0.6) is 0 Å². The van der Waals surface area contributed by atoms with Gasteiger partial charge < -0.3 is 10.2 Å². The van der Waals surface area contributed by atoms with Crippen LogP contribution in [0.4, 0.5) is 11.6 Å². The van der Waals surface area contributed by atoms with E-state index in [2.05, 4.69) is 31.3 Å². The summed E-state index contributed by atoms with van der Waals surface area (Å²) in [6, 6.07) is 14.9. The number of carbonyl (C=O) groups excluding carboxylic acids is 1. The number of benzene rings is 1. The molecular formula is C22H20N6O. The van der Waals surface area contributed by atoms with Gasteiger partial charge in [-0.05, 0) is 43.2 Å². The van der Waals surface area contributed by atoms with Crippen LogP contribution in [0, 0.1) is 0 Å². The zero-order valence-corrected chi connectivity index (χ0v) is 15.8. The van der Waals surface area contributed by atoms with E-state index < -0.39 is 0 Å². The van der Waals surface area contributed by atoms with E-state index >= 15 is 0 Å². The minimum Gasteiger partial charge on any atom is -0.357 e. The number of para-hydroxylation sites is 1. The summed E-state index contributed by atoms with van der Waals surface area (Å²) in [5, 5.41) is 8.39. The lowest BCUT2D eigenvalue weighted by Crippen LogP contribution is -2.18. The van der Waals surface area contributed by atoms with E-state index in [0.29, 0.717) is 17.1 Å². The molecule has 144 valence electrons. The second kappa shape index (κ2) is 7.35. The van der Waals surface area contributed by atoms with E-state index in [1.807, 2.05) is 42.7 Å². The number of hydrogen-bond donors (Lipinski definition) is 1. The molecule has 0 unspecified atom stereocenters. The van der Waals surface area contributed by atoms with Crippen molar-refractivity contribution < 1.29 is 4.79 Å². The molecule has 1 aromatic carbocycles. The lowest BCUT2D eigenvalue weighted by atomic mass is 10.1. The Morgan fingerprint density at radius 1 is 0.966 bits per heavy atom. The number of fused-ring (bicyclic) bond motifs is 1. The topological polar surface area (TPSA) is 75.9 Å². The molecule has 7 heteroatoms. The van der Waals surface area contributed by atoms with E-state index in [-0.39, 0.29) is 5.91 Å². The molecule has 1 saturated heterocycles. The fourth-order valence-electron chi connectivity index (χ4n) is 3.70. The maximum atomic E-state index is 12.9. The van der Waals surface area contributed by atoms with Crippen molar-refractivity contribution in [2.75, 3.05) is 23.3 Å². The van der Waals surface area contributed by atoms with Gasteiger partial charge in [0.2, 0.25) is 0 Å². The van der Waals surface area contributed by atoms with Crippen LogP contribution >= 0.6 is 0 Å². The number of pyridine rings is 2. The molecule has 5 rings (SSSR count). The first-order valence-corrected chi connectivity index (χ1v) is 9.70. The van der Waals surface area contributed by atoms with Gasteiger partial charge in [-0.2, -0.15) is 5.10 Å². The van der Waals surface area contributed by atoms with Crippen molar-refractivity contribution in [3.05, 3.63) is 72.7 Å². The van der Waals surface area contributed by atoms with Gasteiger partial charge in [-0.1, -0.05) is 18.2 Å². The first-order chi connectivity index (χ1) is 14.3. The van der Waals surface area contributed by atoms with Crippen molar-refractivity contribution in [1.29, 1.82) is 0 Å². The number of anilines is 2. The number of amides is 1. The van der Waals surface area contributed by atoms with E-state index in [1.54, 1.807) is 23.0 Å². The molecule has 4 aromatic rings. The van der Waals surface area contributed by atoms with Gasteiger partial charge in [0.25, 0.3) is 5.91 Å². The maximum Gasteiger partial charge on any atom is 0.259 e. The highest BCUT2D eigenvalue weighted by Crippen LogP contribution is 2.25. The molecule has 1 amide bonds. The highest BCUT2D eigenvalue weighted by Gasteiger charge is 2.18. The second-order valence-electron chi connectivity index (χ2n) is 7.04. The summed E-state index contributed by atoms with van der Waals surface area (Å²) >= 11 is 0. The summed E-state index contributed by atoms with van der Waals surface area (Å²) in [5.74, 6) is 1.26. The van der Waals surface area contributed by atoms with Crippen LogP contribution in [-0.2, 0) is 0 Å². The first-order valence-electron chi connectivity index (χ1n) is 9.70. The quantitative estimate of drug-likeness (QED) is 0.581. The van der Waals surface area contributed by atoms with Crippen molar-refractivity contribution in [2.24, 2.45) is 0 Å². The predicted molar refractivity (Wildman–Crippen MR) is 113 cm³/mol. The van der Waals surface area contributed by atoms with Gasteiger partial charge in [0.05, 0.1) is 29.2 Å². The lowest BCUT2D eigenvalue weighted by Gasteiger charge is -2.16. The molecule has 1 aliphatic rings. The van der Waals surface area contributed by atoms with Crippen LogP contribution in [0.1, 0.15) is 23.2 Å². The average molecular weight is 384 g/mol. The smallest absolute Gasteiger partial charge is 0.259 e. The Labute approximate surface area is 168 Å². The van der Waals surface area contributed by atoms with Crippen LogP contribution in [0.25, 0.3) is 16.6 Å². The van der Waals surface area contributed by atoms with E-state index in [1.165, 1.54) is 12.8 Å². The van der Waals surface area contributed by atoms with E-state index in [0.717, 1.165) is 29.8 Å². The molecule has 29 heavy (non-hydrogen) atoms. The number of hydrogen-bond acceptors (Lipinski definition) is 5. The summed E-state index contributed by atoms with van der Waals surface area (Å²) in [5.41, 5.74) is 2.09. The summed E-state index contributed by atoms with van der Waals surface area (Å²) in [6.45, 7) is 2.09. The Balaban J connectivity index is 1.51. The molecule has 0 radical (unpaired) electrons. The summed E-state index contributed by atoms with van der Waals surface area (Å²) in [4.78, 5) is 24.0. The average Bonchev–Trinajstić information content (AvgIpc) is 3.44. The van der Waals surface area contributed by atoms with Crippen LogP contribution < -0.4 is 10.2 Å². The third-order valence-electron chi connectivity index (χ3n) is 5.15. The Hall–Kier alpha value is -3.74. The van der Waals surface area contributed by atoms with Crippen molar-refractivity contribution in [1.82, 2.24) is 19.7 Å². The van der Waals surface area contributed by atoms with Crippen LogP contribution in [0.3, 0.4) is 0 Å². The minimum absolute atomic E-state index is 0.232. The Bertz CT molecular complexity index is 1160. The molecule has 7 nitrogen and oxygen atoms in total. The molecule has 0 bridgehead atoms. The summed E-state index contributed by atoms with van der Waals surface area (Å²) in [7, 11) is 0. The highest BCUT2D eigenvalue weighted by atomic mass is 16.1. The van der Waals surface area contributed by atoms with Gasteiger partial charge in [-0.25, -0.2) is 14.6 Å². The number of aromatic nitrogens is 4. The fraction of sp³-hybridized carbons (Fsp3) is 0.182. The van der Waals surface area contributed by atoms with Crippen LogP contribution in [-0.4, -0.2) is 38.7 Å². The molecule has 1 fully saturated rings. The number of nitrogens with zero attached hydrogens (tertiary/aromatic N) is 5. The molecular weight excluding hydrogens is 364 g/mol. The van der Waals surface area contributed by atoms with Crippen LogP contribution in [0.15, 0.2) is 67.1 Å². The standard InChI is InChI=1S/C22H20N6O/c29-22(26-20-9-3-4-10-23-20)17-7-1-2-8-18(17)28-19-15-24-21(13-16(19)14-25-28)27-11-5-6-12-27/h1-4,7-10,13-15H,5-6,11-12H2,(H,23,26,29). The van der Waals surface area contributed by atoms with E-state index in [9.17, 15) is 4.79 Å². The van der Waals surface area contributed by atoms with Gasteiger partial charge >= 0.3 is 0 Å². The van der Waals surface area contributed by atoms with Crippen LogP contribution in [0.2, 0.25) is 0 Å². The SMILES string of the molecule is O=C(Nc1ccccn1)c1ccccc1-n1ncc2cc(N3CCCC3)ncc21. The van der Waals surface area contributed by atoms with Crippen molar-refractivity contribution in [3.8, 4) is 5.69 Å². The van der Waals surface area contributed by atoms with Crippen molar-refractivity contribution in [3.63, 3.8) is 0 Å². The normalized spacial score (nSPS) is 13.7. The van der Waals surface area contributed by atoms with Crippen molar-refractivity contribution in [2.45, 2.75) is 12.8 Å². The maximum absolute atomic E-state index is 12.9. The third kappa shape index (κ3) is 3.31. The fourth-order valence-corrected chi connectivity index (χ4v) is 3.70. The van der Waals surface area contributed by atoms with Gasteiger partial charge in [0.15, 0.2) is 0 Å². The van der Waals surface area contributed by atoms with Gasteiger partial charge in [0, 0.05) is 24.7 Å². The molecule has 0 spiro atoms. The van der Waals surface area contributed by atoms with Gasteiger partial charge in [0.1, 0.15) is 11.6 Å². The molecule has 1 N–H and O–H groups in total. The van der Waals surface area contributed by atoms with Crippen molar-refractivity contribution >= 4 is 28.4 Å². The molecule has 4 heterocycles. The zero-order valence-electron chi connectivity index (χ0n) is 15.8. The zero-order chi connectivity index (χ0) is 19.6. The summed E-state index contributed by atoms with van der Waals surface area (Å²) < 4.78 is 1.77. The first kappa shape index (κ1) is 17.4. The van der Waals surface area contributed by atoms with E-state index in [4.69, 9.17) is 0 Å². The number of carbonyl (C=O) groups is 1. The number of rotatable bonds is 4. The largest absolute Gasteiger partial charge is 0.357 e. The Morgan fingerprint density at radius 3 is 2.62 bits per heavy atom. The molecule has 1 aliphatic heterocycles. The second-order valence-corrected chi connectivity index (χ2v) is 7.04. The summed E-state index contributed by atoms with van der Waals surface area (Å²) in [6.07, 6.45) is 7.72. The Kier molecular flexibility index (Phi) is 4.40. The van der Waals surface area contributed by atoms with Gasteiger partial charge in [-0.3, -0.25) is 4.79 Å².